The molecule has 94 valence electrons. The highest BCUT2D eigenvalue weighted by atomic mass is 14.3. The lowest BCUT2D eigenvalue weighted by Crippen LogP contribution is -2.17. The normalized spacial score (nSPS) is 24.9. The Bertz CT molecular complexity index is 432. The zero-order valence-electron chi connectivity index (χ0n) is 11.0. The molecule has 1 atom stereocenters. The van der Waals surface area contributed by atoms with Gasteiger partial charge in [-0.3, -0.25) is 0 Å². The molecule has 0 bridgehead atoms. The summed E-state index contributed by atoms with van der Waals surface area (Å²) < 4.78 is 0. The van der Waals surface area contributed by atoms with Crippen molar-refractivity contribution in [2.45, 2.75) is 38.5 Å². The predicted molar refractivity (Wildman–Crippen MR) is 78.2 cm³/mol. The van der Waals surface area contributed by atoms with E-state index in [9.17, 15) is 0 Å². The molecule has 2 aliphatic carbocycles. The van der Waals surface area contributed by atoms with E-state index in [0.29, 0.717) is 0 Å². The molecule has 0 aliphatic heterocycles. The van der Waals surface area contributed by atoms with Crippen molar-refractivity contribution in [3.8, 4) is 0 Å². The Labute approximate surface area is 110 Å². The van der Waals surface area contributed by atoms with E-state index in [1.165, 1.54) is 49.7 Å². The average molecular weight is 238 g/mol. The van der Waals surface area contributed by atoms with Crippen LogP contribution in [0, 0.1) is 11.8 Å². The van der Waals surface area contributed by atoms with Crippen LogP contribution in [0.1, 0.15) is 44.1 Å². The maximum Gasteiger partial charge on any atom is -0.0161 e. The predicted octanol–water partition coefficient (Wildman–Crippen LogP) is 5.23. The summed E-state index contributed by atoms with van der Waals surface area (Å²) in [7, 11) is 0. The maximum atomic E-state index is 2.53. The molecule has 2 aliphatic rings. The Balaban J connectivity index is 1.78. The van der Waals surface area contributed by atoms with Crippen LogP contribution in [0.2, 0.25) is 0 Å². The molecule has 0 heterocycles. The first kappa shape index (κ1) is 11.8. The van der Waals surface area contributed by atoms with Crippen LogP contribution in [-0.4, -0.2) is 0 Å². The highest BCUT2D eigenvalue weighted by Gasteiger charge is 2.22. The second kappa shape index (κ2) is 5.56. The summed E-state index contributed by atoms with van der Waals surface area (Å²) in [4.78, 5) is 0. The molecule has 0 nitrogen and oxygen atoms in total. The Morgan fingerprint density at radius 1 is 0.889 bits per heavy atom. The molecule has 0 spiro atoms. The van der Waals surface area contributed by atoms with Crippen molar-refractivity contribution in [3.63, 3.8) is 0 Å². The molecule has 0 amide bonds. The van der Waals surface area contributed by atoms with Gasteiger partial charge in [-0.25, -0.2) is 0 Å². The number of benzene rings is 1. The van der Waals surface area contributed by atoms with Crippen molar-refractivity contribution in [2.24, 2.45) is 11.8 Å². The van der Waals surface area contributed by atoms with Gasteiger partial charge in [-0.2, -0.15) is 0 Å². The summed E-state index contributed by atoms with van der Waals surface area (Å²) in [5.41, 5.74) is 2.80. The van der Waals surface area contributed by atoms with E-state index in [0.717, 1.165) is 11.8 Å². The van der Waals surface area contributed by atoms with Gasteiger partial charge >= 0.3 is 0 Å². The van der Waals surface area contributed by atoms with Gasteiger partial charge < -0.3 is 0 Å². The minimum atomic E-state index is 0.783. The molecule has 0 N–H and O–H groups in total. The van der Waals surface area contributed by atoms with E-state index < -0.39 is 0 Å². The van der Waals surface area contributed by atoms with Crippen LogP contribution >= 0.6 is 0 Å². The highest BCUT2D eigenvalue weighted by molar-refractivity contribution is 5.75. The van der Waals surface area contributed by atoms with Crippen LogP contribution < -0.4 is 0 Å². The zero-order chi connectivity index (χ0) is 12.2. The Kier molecular flexibility index (Phi) is 3.64. The molecule has 1 fully saturated rings. The Morgan fingerprint density at radius 2 is 1.67 bits per heavy atom. The molecule has 0 saturated heterocycles. The van der Waals surface area contributed by atoms with Gasteiger partial charge in [0.15, 0.2) is 0 Å². The van der Waals surface area contributed by atoms with Gasteiger partial charge in [0.05, 0.1) is 0 Å². The molecule has 0 radical (unpaired) electrons. The van der Waals surface area contributed by atoms with Crippen molar-refractivity contribution in [1.82, 2.24) is 0 Å². The Morgan fingerprint density at radius 3 is 2.44 bits per heavy atom. The fraction of sp³-hybridized carbons (Fsp3) is 0.444. The van der Waals surface area contributed by atoms with Gasteiger partial charge in [0.1, 0.15) is 0 Å². The molecule has 1 aromatic rings. The summed E-state index contributed by atoms with van der Waals surface area (Å²) in [6.45, 7) is 0. The Hall–Kier alpha value is -1.30. The second-order valence-corrected chi connectivity index (χ2v) is 5.69. The van der Waals surface area contributed by atoms with E-state index in [1.54, 1.807) is 0 Å². The molecular weight excluding hydrogens is 216 g/mol. The molecular formula is C18H22. The van der Waals surface area contributed by atoms with Crippen molar-refractivity contribution in [1.29, 1.82) is 0 Å². The molecule has 0 heteroatoms. The average Bonchev–Trinajstić information content (AvgIpc) is 2.49. The molecule has 3 rings (SSSR count). The van der Waals surface area contributed by atoms with E-state index >= 15 is 0 Å². The van der Waals surface area contributed by atoms with Gasteiger partial charge in [0, 0.05) is 0 Å². The van der Waals surface area contributed by atoms with E-state index in [1.807, 2.05) is 0 Å². The molecule has 1 aromatic carbocycles. The van der Waals surface area contributed by atoms with Crippen molar-refractivity contribution >= 4 is 5.57 Å². The molecule has 1 saturated carbocycles. The first-order valence-electron chi connectivity index (χ1n) is 7.37. The minimum Gasteiger partial charge on any atom is -0.0833 e. The van der Waals surface area contributed by atoms with Crippen LogP contribution in [0.15, 0.2) is 48.6 Å². The van der Waals surface area contributed by atoms with Crippen LogP contribution in [0.4, 0.5) is 0 Å². The summed E-state index contributed by atoms with van der Waals surface area (Å²) in [5, 5.41) is 0. The minimum absolute atomic E-state index is 0.783. The lowest BCUT2D eigenvalue weighted by molar-refractivity contribution is 0.286. The first-order chi connectivity index (χ1) is 8.93. The van der Waals surface area contributed by atoms with E-state index in [2.05, 4.69) is 48.6 Å². The quantitative estimate of drug-likeness (QED) is 0.662. The molecule has 1 unspecified atom stereocenters. The monoisotopic (exact) mass is 238 g/mol. The van der Waals surface area contributed by atoms with Gasteiger partial charge in [-0.1, -0.05) is 67.8 Å². The largest absolute Gasteiger partial charge is 0.0833 e. The summed E-state index contributed by atoms with van der Waals surface area (Å²) >= 11 is 0. The fourth-order valence-electron chi connectivity index (χ4n) is 3.42. The van der Waals surface area contributed by atoms with Gasteiger partial charge in [0.2, 0.25) is 0 Å². The van der Waals surface area contributed by atoms with Crippen molar-refractivity contribution < 1.29 is 0 Å². The topological polar surface area (TPSA) is 0 Å². The fourth-order valence-corrected chi connectivity index (χ4v) is 3.42. The van der Waals surface area contributed by atoms with Crippen LogP contribution in [0.3, 0.4) is 0 Å². The number of hydrogen-bond acceptors (Lipinski definition) is 0. The summed E-state index contributed by atoms with van der Waals surface area (Å²) in [6.07, 6.45) is 15.7. The molecule has 0 aromatic heterocycles. The van der Waals surface area contributed by atoms with Crippen LogP contribution in [-0.2, 0) is 0 Å². The van der Waals surface area contributed by atoms with Crippen LogP contribution in [0.5, 0.6) is 0 Å². The first-order valence-corrected chi connectivity index (χ1v) is 7.37. The number of hydrogen-bond donors (Lipinski definition) is 0. The van der Waals surface area contributed by atoms with Crippen LogP contribution in [0.25, 0.3) is 5.57 Å². The van der Waals surface area contributed by atoms with E-state index in [4.69, 9.17) is 0 Å². The van der Waals surface area contributed by atoms with Crippen molar-refractivity contribution in [3.05, 3.63) is 54.1 Å². The third-order valence-corrected chi connectivity index (χ3v) is 4.46. The third-order valence-electron chi connectivity index (χ3n) is 4.46. The lowest BCUT2D eigenvalue weighted by Gasteiger charge is -2.29. The SMILES string of the molecule is C1=CC(c2ccccc2)=CC(C2CCCCC2)C1. The van der Waals surface area contributed by atoms with Crippen molar-refractivity contribution in [2.75, 3.05) is 0 Å². The lowest BCUT2D eigenvalue weighted by atomic mass is 9.76. The maximum absolute atomic E-state index is 2.53. The smallest absolute Gasteiger partial charge is 0.0161 e. The van der Waals surface area contributed by atoms with Gasteiger partial charge in [-0.05, 0) is 42.2 Å². The summed E-state index contributed by atoms with van der Waals surface area (Å²) in [5.74, 6) is 1.72. The number of rotatable bonds is 2. The molecule has 18 heavy (non-hydrogen) atoms. The second-order valence-electron chi connectivity index (χ2n) is 5.69. The van der Waals surface area contributed by atoms with Gasteiger partial charge in [-0.15, -0.1) is 0 Å². The third kappa shape index (κ3) is 2.58. The zero-order valence-corrected chi connectivity index (χ0v) is 11.0. The summed E-state index contributed by atoms with van der Waals surface area (Å²) in [6, 6.07) is 10.8. The van der Waals surface area contributed by atoms with Gasteiger partial charge in [0.25, 0.3) is 0 Å². The standard InChI is InChI=1S/C18H22/c1-3-8-15(9-4-1)17-12-7-13-18(14-17)16-10-5-2-6-11-16/h1,3-4,7-9,12,14,16,18H,2,5-6,10-11,13H2. The van der Waals surface area contributed by atoms with E-state index in [-0.39, 0.29) is 0 Å². The number of allylic oxidation sites excluding steroid dienone is 4. The highest BCUT2D eigenvalue weighted by Crippen LogP contribution is 2.36.